The molecule has 2 saturated heterocycles. The Balaban J connectivity index is 1.53. The number of furan rings is 1. The van der Waals surface area contributed by atoms with E-state index in [-0.39, 0.29) is 17.0 Å². The molecule has 2 aliphatic rings. The molecule has 0 saturated carbocycles. The van der Waals surface area contributed by atoms with E-state index in [0.717, 1.165) is 26.1 Å². The molecule has 0 spiro atoms. The number of nitrogens with zero attached hydrogens (tertiary/aromatic N) is 2. The summed E-state index contributed by atoms with van der Waals surface area (Å²) in [7, 11) is 0. The number of carbonyl (C=O) groups is 1. The number of piperazine rings is 1. The van der Waals surface area contributed by atoms with Gasteiger partial charge in [-0.1, -0.05) is 6.42 Å². The van der Waals surface area contributed by atoms with Gasteiger partial charge in [0.2, 0.25) is 0 Å². The number of rotatable bonds is 2. The van der Waals surface area contributed by atoms with Gasteiger partial charge in [-0.3, -0.25) is 14.5 Å². The van der Waals surface area contributed by atoms with Crippen molar-refractivity contribution in [2.24, 2.45) is 0 Å². The van der Waals surface area contributed by atoms with Crippen LogP contribution in [0.3, 0.4) is 0 Å². The number of H-pyrrole nitrogens is 1. The number of piperidine rings is 1. The summed E-state index contributed by atoms with van der Waals surface area (Å²) in [4.78, 5) is 32.1. The van der Waals surface area contributed by atoms with E-state index in [1.807, 2.05) is 4.90 Å². The van der Waals surface area contributed by atoms with E-state index in [9.17, 15) is 9.59 Å². The van der Waals surface area contributed by atoms with Crippen LogP contribution >= 0.6 is 0 Å². The molecule has 2 aliphatic heterocycles. The van der Waals surface area contributed by atoms with Crippen LogP contribution in [-0.4, -0.2) is 52.9 Å². The maximum Gasteiger partial charge on any atom is 0.261 e. The van der Waals surface area contributed by atoms with Crippen molar-refractivity contribution in [2.75, 3.05) is 26.2 Å². The molecule has 6 nitrogen and oxygen atoms in total. The molecule has 2 aromatic heterocycles. The molecule has 0 aliphatic carbocycles. The molecular weight excluding hydrogens is 306 g/mol. The molecule has 0 radical (unpaired) electrons. The molecule has 1 atom stereocenters. The number of hydrogen-bond acceptors (Lipinski definition) is 4. The Morgan fingerprint density at radius 3 is 2.88 bits per heavy atom. The zero-order valence-corrected chi connectivity index (χ0v) is 13.5. The minimum absolute atomic E-state index is 0.174. The number of amides is 1. The highest BCUT2D eigenvalue weighted by Crippen LogP contribution is 2.22. The van der Waals surface area contributed by atoms with Crippen LogP contribution in [0.2, 0.25) is 0 Å². The monoisotopic (exact) mass is 327 g/mol. The summed E-state index contributed by atoms with van der Waals surface area (Å²) < 4.78 is 5.28. The van der Waals surface area contributed by atoms with Crippen LogP contribution in [0, 0.1) is 0 Å². The zero-order chi connectivity index (χ0) is 16.5. The summed E-state index contributed by atoms with van der Waals surface area (Å²) in [6.07, 6.45) is 5.16. The minimum Gasteiger partial charge on any atom is -0.463 e. The number of pyridine rings is 1. The van der Waals surface area contributed by atoms with E-state index in [1.54, 1.807) is 30.5 Å². The molecule has 1 amide bonds. The SMILES string of the molecule is O=C(c1ccc(-c2ccco2)[nH]c1=O)N1CCN2CCCC[C@@H]2C1. The molecule has 24 heavy (non-hydrogen) atoms. The van der Waals surface area contributed by atoms with Crippen molar-refractivity contribution >= 4 is 5.91 Å². The van der Waals surface area contributed by atoms with Crippen LogP contribution in [0.1, 0.15) is 29.6 Å². The first-order chi connectivity index (χ1) is 11.7. The smallest absolute Gasteiger partial charge is 0.261 e. The quantitative estimate of drug-likeness (QED) is 0.915. The lowest BCUT2D eigenvalue weighted by Crippen LogP contribution is -2.56. The maximum absolute atomic E-state index is 12.8. The number of aromatic nitrogens is 1. The van der Waals surface area contributed by atoms with Crippen molar-refractivity contribution in [1.29, 1.82) is 0 Å². The Hall–Kier alpha value is -2.34. The Morgan fingerprint density at radius 2 is 2.08 bits per heavy atom. The molecule has 2 aromatic rings. The van der Waals surface area contributed by atoms with Gasteiger partial charge in [-0.15, -0.1) is 0 Å². The second-order valence-electron chi connectivity index (χ2n) is 6.53. The van der Waals surface area contributed by atoms with Gasteiger partial charge in [0.25, 0.3) is 11.5 Å². The fourth-order valence-electron chi connectivity index (χ4n) is 3.73. The number of hydrogen-bond donors (Lipinski definition) is 1. The highest BCUT2D eigenvalue weighted by atomic mass is 16.3. The minimum atomic E-state index is -0.361. The second-order valence-corrected chi connectivity index (χ2v) is 6.53. The first-order valence-corrected chi connectivity index (χ1v) is 8.53. The lowest BCUT2D eigenvalue weighted by atomic mass is 9.99. The number of fused-ring (bicyclic) bond motifs is 1. The number of carbonyl (C=O) groups excluding carboxylic acids is 1. The van der Waals surface area contributed by atoms with Gasteiger partial charge < -0.3 is 14.3 Å². The van der Waals surface area contributed by atoms with Gasteiger partial charge in [-0.05, 0) is 43.7 Å². The predicted molar refractivity (Wildman–Crippen MR) is 89.9 cm³/mol. The van der Waals surface area contributed by atoms with E-state index >= 15 is 0 Å². The topological polar surface area (TPSA) is 69.5 Å². The van der Waals surface area contributed by atoms with Crippen molar-refractivity contribution in [2.45, 2.75) is 25.3 Å². The molecule has 2 fully saturated rings. The van der Waals surface area contributed by atoms with Crippen molar-refractivity contribution in [1.82, 2.24) is 14.8 Å². The standard InChI is InChI=1S/C18H21N3O3/c22-17-14(6-7-15(19-17)16-5-3-11-24-16)18(23)21-10-9-20-8-2-1-4-13(20)12-21/h3,5-7,11,13H,1-2,4,8-10,12H2,(H,19,22)/t13-/m1/s1. The van der Waals surface area contributed by atoms with E-state index in [4.69, 9.17) is 4.42 Å². The molecule has 4 rings (SSSR count). The van der Waals surface area contributed by atoms with Crippen molar-refractivity contribution in [3.8, 4) is 11.5 Å². The molecule has 0 aromatic carbocycles. The van der Waals surface area contributed by atoms with Crippen LogP contribution < -0.4 is 5.56 Å². The van der Waals surface area contributed by atoms with Crippen LogP contribution in [0.25, 0.3) is 11.5 Å². The second kappa shape index (κ2) is 6.28. The van der Waals surface area contributed by atoms with E-state index in [0.29, 0.717) is 24.0 Å². The van der Waals surface area contributed by atoms with E-state index < -0.39 is 0 Å². The molecule has 6 heteroatoms. The van der Waals surface area contributed by atoms with Gasteiger partial charge in [0.05, 0.1) is 12.0 Å². The van der Waals surface area contributed by atoms with Crippen molar-refractivity contribution in [3.63, 3.8) is 0 Å². The van der Waals surface area contributed by atoms with Gasteiger partial charge in [-0.25, -0.2) is 0 Å². The Labute approximate surface area is 140 Å². The van der Waals surface area contributed by atoms with Gasteiger partial charge in [0.15, 0.2) is 0 Å². The fourth-order valence-corrected chi connectivity index (χ4v) is 3.73. The third-order valence-corrected chi connectivity index (χ3v) is 5.05. The third-order valence-electron chi connectivity index (χ3n) is 5.05. The Kier molecular flexibility index (Phi) is 3.98. The van der Waals surface area contributed by atoms with Gasteiger partial charge in [0.1, 0.15) is 11.3 Å². The summed E-state index contributed by atoms with van der Waals surface area (Å²) in [5.74, 6) is 0.411. The third kappa shape index (κ3) is 2.78. The number of aromatic amines is 1. The first-order valence-electron chi connectivity index (χ1n) is 8.53. The van der Waals surface area contributed by atoms with Gasteiger partial charge in [-0.2, -0.15) is 0 Å². The fraction of sp³-hybridized carbons (Fsp3) is 0.444. The summed E-state index contributed by atoms with van der Waals surface area (Å²) in [6.45, 7) is 3.44. The predicted octanol–water partition coefficient (Wildman–Crippen LogP) is 1.95. The van der Waals surface area contributed by atoms with Gasteiger partial charge in [0, 0.05) is 25.7 Å². The van der Waals surface area contributed by atoms with Crippen molar-refractivity contribution < 1.29 is 9.21 Å². The zero-order valence-electron chi connectivity index (χ0n) is 13.5. The van der Waals surface area contributed by atoms with Crippen LogP contribution in [-0.2, 0) is 0 Å². The van der Waals surface area contributed by atoms with Crippen LogP contribution in [0.4, 0.5) is 0 Å². The van der Waals surface area contributed by atoms with Crippen molar-refractivity contribution in [3.05, 3.63) is 46.4 Å². The molecule has 126 valence electrons. The van der Waals surface area contributed by atoms with Gasteiger partial charge >= 0.3 is 0 Å². The number of nitrogens with one attached hydrogen (secondary N) is 1. The van der Waals surface area contributed by atoms with E-state index in [1.165, 1.54) is 12.8 Å². The summed E-state index contributed by atoms with van der Waals surface area (Å²) in [5.41, 5.74) is 0.424. The molecule has 1 N–H and O–H groups in total. The average molecular weight is 327 g/mol. The highest BCUT2D eigenvalue weighted by molar-refractivity contribution is 5.94. The Morgan fingerprint density at radius 1 is 1.17 bits per heavy atom. The van der Waals surface area contributed by atoms with E-state index in [2.05, 4.69) is 9.88 Å². The molecule has 0 bridgehead atoms. The normalized spacial score (nSPS) is 21.5. The first kappa shape index (κ1) is 15.2. The lowest BCUT2D eigenvalue weighted by molar-refractivity contribution is 0.0371. The summed E-state index contributed by atoms with van der Waals surface area (Å²) in [5, 5.41) is 0. The lowest BCUT2D eigenvalue weighted by Gasteiger charge is -2.43. The largest absolute Gasteiger partial charge is 0.463 e. The Bertz CT molecular complexity index is 781. The molecule has 0 unspecified atom stereocenters. The molecular formula is C18H21N3O3. The maximum atomic E-state index is 12.8. The van der Waals surface area contributed by atoms with Crippen LogP contribution in [0.15, 0.2) is 39.7 Å². The average Bonchev–Trinajstić information content (AvgIpc) is 3.15. The van der Waals surface area contributed by atoms with Crippen LogP contribution in [0.5, 0.6) is 0 Å². The summed E-state index contributed by atoms with van der Waals surface area (Å²) >= 11 is 0. The highest BCUT2D eigenvalue weighted by Gasteiger charge is 2.32. The molecule has 4 heterocycles. The summed E-state index contributed by atoms with van der Waals surface area (Å²) in [6, 6.07) is 7.31.